The zero-order chi connectivity index (χ0) is 21.3. The van der Waals surface area contributed by atoms with Gasteiger partial charge in [0.2, 0.25) is 0 Å². The maximum Gasteiger partial charge on any atom is 0.265 e. The van der Waals surface area contributed by atoms with Gasteiger partial charge in [-0.2, -0.15) is 0 Å². The van der Waals surface area contributed by atoms with E-state index in [9.17, 15) is 8.42 Å². The lowest BCUT2D eigenvalue weighted by Crippen LogP contribution is -2.41. The first-order chi connectivity index (χ1) is 15.1. The third-order valence-electron chi connectivity index (χ3n) is 6.07. The average molecular weight is 435 g/mol. The van der Waals surface area contributed by atoms with Crippen molar-refractivity contribution in [2.24, 2.45) is 0 Å². The van der Waals surface area contributed by atoms with Crippen LogP contribution in [0.5, 0.6) is 5.75 Å². The molecule has 2 aliphatic heterocycles. The summed E-state index contributed by atoms with van der Waals surface area (Å²) in [5.74, 6) is 0.620. The summed E-state index contributed by atoms with van der Waals surface area (Å²) in [5, 5.41) is 0. The second-order valence-electron chi connectivity index (χ2n) is 8.05. The molecule has 5 nitrogen and oxygen atoms in total. The summed E-state index contributed by atoms with van der Waals surface area (Å²) < 4.78 is 35.2. The monoisotopic (exact) mass is 434 g/mol. The first kappa shape index (κ1) is 19.9. The van der Waals surface area contributed by atoms with Gasteiger partial charge < -0.3 is 9.64 Å². The first-order valence-corrected chi connectivity index (χ1v) is 12.2. The number of piperidine rings is 1. The Morgan fingerprint density at radius 1 is 0.806 bits per heavy atom. The maximum absolute atomic E-state index is 13.8. The molecule has 0 N–H and O–H groups in total. The Labute approximate surface area is 183 Å². The second-order valence-corrected chi connectivity index (χ2v) is 9.87. The highest BCUT2D eigenvalue weighted by molar-refractivity contribution is 7.92. The van der Waals surface area contributed by atoms with Crippen molar-refractivity contribution < 1.29 is 13.2 Å². The number of hydrogen-bond acceptors (Lipinski definition) is 4. The minimum absolute atomic E-state index is 0.270. The fourth-order valence-corrected chi connectivity index (χ4v) is 6.12. The molecule has 2 aliphatic rings. The molecule has 0 amide bonds. The van der Waals surface area contributed by atoms with Crippen LogP contribution in [0.15, 0.2) is 83.8 Å². The van der Waals surface area contributed by atoms with Crippen LogP contribution in [0.4, 0.5) is 11.4 Å². The third-order valence-corrected chi connectivity index (χ3v) is 7.90. The number of benzene rings is 3. The van der Waals surface area contributed by atoms with Gasteiger partial charge in [-0.15, -0.1) is 0 Å². The van der Waals surface area contributed by atoms with E-state index in [-0.39, 0.29) is 11.5 Å². The zero-order valence-corrected chi connectivity index (χ0v) is 18.2. The van der Waals surface area contributed by atoms with Crippen LogP contribution in [0.3, 0.4) is 0 Å². The predicted octanol–water partition coefficient (Wildman–Crippen LogP) is 5.01. The normalized spacial score (nSPS) is 18.9. The number of hydrogen-bond donors (Lipinski definition) is 0. The van der Waals surface area contributed by atoms with Crippen LogP contribution in [0.25, 0.3) is 0 Å². The molecule has 0 bridgehead atoms. The number of ether oxygens (including phenoxy) is 1. The van der Waals surface area contributed by atoms with Crippen molar-refractivity contribution in [2.45, 2.75) is 30.2 Å². The lowest BCUT2D eigenvalue weighted by Gasteiger charge is -2.38. The summed E-state index contributed by atoms with van der Waals surface area (Å²) >= 11 is 0. The first-order valence-electron chi connectivity index (χ1n) is 10.8. The second kappa shape index (κ2) is 8.27. The van der Waals surface area contributed by atoms with E-state index in [2.05, 4.69) is 4.90 Å². The lowest BCUT2D eigenvalue weighted by atomic mass is 10.1. The molecule has 3 aromatic rings. The molecule has 0 saturated carbocycles. The molecule has 160 valence electrons. The van der Waals surface area contributed by atoms with Crippen LogP contribution in [-0.2, 0) is 10.0 Å². The fraction of sp³-hybridized carbons (Fsp3) is 0.280. The van der Waals surface area contributed by atoms with Gasteiger partial charge in [0.05, 0.1) is 10.6 Å². The Kier molecular flexibility index (Phi) is 5.32. The van der Waals surface area contributed by atoms with Crippen molar-refractivity contribution in [3.05, 3.63) is 84.4 Å². The minimum atomic E-state index is -3.77. The lowest BCUT2D eigenvalue weighted by molar-refractivity contribution is 0.275. The maximum atomic E-state index is 13.8. The summed E-state index contributed by atoms with van der Waals surface area (Å²) in [6, 6.07) is 23.8. The summed E-state index contributed by atoms with van der Waals surface area (Å²) in [5.41, 5.74) is 2.59. The number of fused-ring (bicyclic) bond motifs is 1. The van der Waals surface area contributed by atoms with E-state index in [1.54, 1.807) is 24.3 Å². The molecule has 0 spiro atoms. The molecule has 5 rings (SSSR count). The van der Waals surface area contributed by atoms with E-state index in [0.717, 1.165) is 24.3 Å². The van der Waals surface area contributed by atoms with Crippen molar-refractivity contribution in [3.63, 3.8) is 0 Å². The molecule has 0 radical (unpaired) electrons. The molecule has 0 aromatic heterocycles. The Balaban J connectivity index is 1.60. The van der Waals surface area contributed by atoms with E-state index in [4.69, 9.17) is 4.74 Å². The summed E-state index contributed by atoms with van der Waals surface area (Å²) in [4.78, 5) is 2.64. The summed E-state index contributed by atoms with van der Waals surface area (Å²) in [6.07, 6.45) is 3.63. The van der Waals surface area contributed by atoms with Crippen molar-refractivity contribution in [1.82, 2.24) is 0 Å². The van der Waals surface area contributed by atoms with Crippen LogP contribution in [0.1, 0.15) is 30.9 Å². The topological polar surface area (TPSA) is 49.9 Å². The molecular formula is C25H26N2O3S. The van der Waals surface area contributed by atoms with Gasteiger partial charge >= 0.3 is 0 Å². The molecule has 1 atom stereocenters. The van der Waals surface area contributed by atoms with E-state index < -0.39 is 16.1 Å². The van der Waals surface area contributed by atoms with Crippen molar-refractivity contribution in [2.75, 3.05) is 28.9 Å². The molecule has 0 aliphatic carbocycles. The van der Waals surface area contributed by atoms with Crippen LogP contribution >= 0.6 is 0 Å². The molecule has 1 unspecified atom stereocenters. The van der Waals surface area contributed by atoms with Crippen molar-refractivity contribution >= 4 is 21.4 Å². The SMILES string of the molecule is O=S(=O)(c1ccccc1)N1c2ccc(N3CCCCC3)cc2OCC1c1ccccc1. The number of nitrogens with zero attached hydrogens (tertiary/aromatic N) is 2. The van der Waals surface area contributed by atoms with Gasteiger partial charge in [-0.05, 0) is 49.1 Å². The molecule has 2 heterocycles. The van der Waals surface area contributed by atoms with E-state index >= 15 is 0 Å². The van der Waals surface area contributed by atoms with Crippen LogP contribution < -0.4 is 13.9 Å². The summed E-state index contributed by atoms with van der Waals surface area (Å²) in [7, 11) is -3.77. The Hall–Kier alpha value is -2.99. The van der Waals surface area contributed by atoms with Crippen molar-refractivity contribution in [1.29, 1.82) is 0 Å². The number of rotatable bonds is 4. The summed E-state index contributed by atoms with van der Waals surface area (Å²) in [6.45, 7) is 2.32. The van der Waals surface area contributed by atoms with Gasteiger partial charge in [-0.3, -0.25) is 4.31 Å². The van der Waals surface area contributed by atoms with Gasteiger partial charge in [0.25, 0.3) is 10.0 Å². The van der Waals surface area contributed by atoms with Gasteiger partial charge in [-0.25, -0.2) is 8.42 Å². The predicted molar refractivity (Wildman–Crippen MR) is 123 cm³/mol. The average Bonchev–Trinajstić information content (AvgIpc) is 2.84. The molecule has 6 heteroatoms. The molecular weight excluding hydrogens is 408 g/mol. The number of anilines is 2. The Morgan fingerprint density at radius 3 is 2.19 bits per heavy atom. The highest BCUT2D eigenvalue weighted by atomic mass is 32.2. The van der Waals surface area contributed by atoms with Crippen molar-refractivity contribution in [3.8, 4) is 5.75 Å². The zero-order valence-electron chi connectivity index (χ0n) is 17.4. The van der Waals surface area contributed by atoms with Crippen LogP contribution in [0.2, 0.25) is 0 Å². The molecule has 3 aromatic carbocycles. The Morgan fingerprint density at radius 2 is 1.48 bits per heavy atom. The molecule has 1 saturated heterocycles. The standard InChI is InChI=1S/C25H26N2O3S/c28-31(29,22-12-6-2-7-13-22)27-23-15-14-21(26-16-8-3-9-17-26)18-25(23)30-19-24(27)20-10-4-1-5-11-20/h1-2,4-7,10-15,18,24H,3,8-9,16-17,19H2. The van der Waals surface area contributed by atoms with Crippen LogP contribution in [0, 0.1) is 0 Å². The molecule has 1 fully saturated rings. The minimum Gasteiger partial charge on any atom is -0.489 e. The highest BCUT2D eigenvalue weighted by Gasteiger charge is 2.38. The van der Waals surface area contributed by atoms with Gasteiger partial charge in [-0.1, -0.05) is 48.5 Å². The smallest absolute Gasteiger partial charge is 0.265 e. The third kappa shape index (κ3) is 3.76. The van der Waals surface area contributed by atoms with Crippen LogP contribution in [-0.4, -0.2) is 28.1 Å². The quantitative estimate of drug-likeness (QED) is 0.579. The largest absolute Gasteiger partial charge is 0.489 e. The van der Waals surface area contributed by atoms with Gasteiger partial charge in [0.15, 0.2) is 0 Å². The number of sulfonamides is 1. The van der Waals surface area contributed by atoms with E-state index in [0.29, 0.717) is 11.4 Å². The fourth-order valence-electron chi connectivity index (χ4n) is 4.46. The van der Waals surface area contributed by atoms with Gasteiger partial charge in [0, 0.05) is 24.8 Å². The Bertz CT molecular complexity index is 1140. The van der Waals surface area contributed by atoms with E-state index in [1.807, 2.05) is 54.6 Å². The van der Waals surface area contributed by atoms with Gasteiger partial charge in [0.1, 0.15) is 18.4 Å². The van der Waals surface area contributed by atoms with E-state index in [1.165, 1.54) is 23.6 Å². The molecule has 31 heavy (non-hydrogen) atoms. The highest BCUT2D eigenvalue weighted by Crippen LogP contribution is 2.44.